The highest BCUT2D eigenvalue weighted by Gasteiger charge is 2.02. The predicted octanol–water partition coefficient (Wildman–Crippen LogP) is 2.08. The number of hydrogen-bond donors (Lipinski definition) is 2. The predicted molar refractivity (Wildman–Crippen MR) is 83.9 cm³/mol. The number of aromatic nitrogens is 3. The molecule has 21 heavy (non-hydrogen) atoms. The number of hydrazone groups is 1. The van der Waals surface area contributed by atoms with E-state index in [4.69, 9.17) is 4.74 Å². The molecule has 1 aromatic heterocycles. The molecule has 0 aliphatic rings. The van der Waals surface area contributed by atoms with Crippen molar-refractivity contribution < 1.29 is 4.74 Å². The standard InChI is InChI=1S/C13H14BrN5O2/c1-3-21-11-5-4-9(6-10(11)14)7-15-18-12-8(2)17-19-13(20)16-12/h4-7H,3H2,1-2H3,(H2,16,18,19,20)/b15-7+. The molecule has 1 heterocycles. The zero-order chi connectivity index (χ0) is 15.2. The number of H-pyrrole nitrogens is 1. The van der Waals surface area contributed by atoms with Crippen LogP contribution in [-0.2, 0) is 0 Å². The van der Waals surface area contributed by atoms with Crippen molar-refractivity contribution in [1.82, 2.24) is 15.2 Å². The Morgan fingerprint density at radius 2 is 2.33 bits per heavy atom. The highest BCUT2D eigenvalue weighted by atomic mass is 79.9. The van der Waals surface area contributed by atoms with Gasteiger partial charge < -0.3 is 4.74 Å². The van der Waals surface area contributed by atoms with Crippen LogP contribution < -0.4 is 15.9 Å². The van der Waals surface area contributed by atoms with Crippen LogP contribution in [0.2, 0.25) is 0 Å². The van der Waals surface area contributed by atoms with Gasteiger partial charge in [-0.05, 0) is 53.5 Å². The van der Waals surface area contributed by atoms with Crippen LogP contribution in [0.3, 0.4) is 0 Å². The van der Waals surface area contributed by atoms with Crippen LogP contribution in [0.5, 0.6) is 5.75 Å². The molecule has 0 aliphatic heterocycles. The van der Waals surface area contributed by atoms with Crippen molar-refractivity contribution in [2.45, 2.75) is 13.8 Å². The molecule has 7 nitrogen and oxygen atoms in total. The van der Waals surface area contributed by atoms with Crippen molar-refractivity contribution in [3.63, 3.8) is 0 Å². The lowest BCUT2D eigenvalue weighted by Gasteiger charge is -2.06. The minimum absolute atomic E-state index is 0.319. The second kappa shape index (κ2) is 6.98. The van der Waals surface area contributed by atoms with Crippen molar-refractivity contribution in [2.75, 3.05) is 12.0 Å². The maximum absolute atomic E-state index is 11.1. The van der Waals surface area contributed by atoms with Crippen molar-refractivity contribution in [1.29, 1.82) is 0 Å². The van der Waals surface area contributed by atoms with Crippen molar-refractivity contribution in [2.24, 2.45) is 5.10 Å². The molecule has 0 bridgehead atoms. The van der Waals surface area contributed by atoms with Crippen LogP contribution >= 0.6 is 15.9 Å². The molecule has 2 rings (SSSR count). The Morgan fingerprint density at radius 3 is 3.05 bits per heavy atom. The van der Waals surface area contributed by atoms with E-state index in [1.54, 1.807) is 13.1 Å². The lowest BCUT2D eigenvalue weighted by molar-refractivity contribution is 0.338. The van der Waals surface area contributed by atoms with E-state index in [9.17, 15) is 4.79 Å². The lowest BCUT2D eigenvalue weighted by Crippen LogP contribution is -2.15. The minimum Gasteiger partial charge on any atom is -0.493 e. The third kappa shape index (κ3) is 4.12. The van der Waals surface area contributed by atoms with Crippen molar-refractivity contribution in [3.05, 3.63) is 44.4 Å². The van der Waals surface area contributed by atoms with Crippen LogP contribution in [0.25, 0.3) is 0 Å². The summed E-state index contributed by atoms with van der Waals surface area (Å²) in [6.07, 6.45) is 1.61. The van der Waals surface area contributed by atoms with E-state index in [1.807, 2.05) is 25.1 Å². The normalized spacial score (nSPS) is 10.8. The molecule has 0 atom stereocenters. The van der Waals surface area contributed by atoms with E-state index < -0.39 is 5.69 Å². The first-order valence-electron chi connectivity index (χ1n) is 6.25. The first kappa shape index (κ1) is 15.2. The van der Waals surface area contributed by atoms with Crippen LogP contribution in [0.1, 0.15) is 18.2 Å². The Hall–Kier alpha value is -2.22. The molecule has 1 aromatic carbocycles. The summed E-state index contributed by atoms with van der Waals surface area (Å²) >= 11 is 3.43. The third-order valence-corrected chi connectivity index (χ3v) is 3.13. The summed E-state index contributed by atoms with van der Waals surface area (Å²) in [5.41, 5.74) is 3.59. The number of aryl methyl sites for hydroxylation is 1. The van der Waals surface area contributed by atoms with E-state index in [0.29, 0.717) is 18.1 Å². The van der Waals surface area contributed by atoms with Gasteiger partial charge in [0.05, 0.1) is 17.3 Å². The van der Waals surface area contributed by atoms with Gasteiger partial charge in [-0.15, -0.1) is 0 Å². The lowest BCUT2D eigenvalue weighted by atomic mass is 10.2. The van der Waals surface area contributed by atoms with Gasteiger partial charge >= 0.3 is 5.69 Å². The Bertz CT molecular complexity index is 714. The second-order valence-corrected chi connectivity index (χ2v) is 4.92. The number of aromatic amines is 1. The first-order chi connectivity index (χ1) is 10.1. The molecule has 2 N–H and O–H groups in total. The van der Waals surface area contributed by atoms with Crippen LogP contribution in [-0.4, -0.2) is 28.0 Å². The summed E-state index contributed by atoms with van der Waals surface area (Å²) in [6.45, 7) is 4.25. The second-order valence-electron chi connectivity index (χ2n) is 4.07. The summed E-state index contributed by atoms with van der Waals surface area (Å²) in [6, 6.07) is 5.61. The van der Waals surface area contributed by atoms with Gasteiger partial charge in [0.1, 0.15) is 11.4 Å². The van der Waals surface area contributed by atoms with Gasteiger partial charge in [-0.1, -0.05) is 0 Å². The molecule has 110 valence electrons. The van der Waals surface area contributed by atoms with Crippen molar-refractivity contribution in [3.8, 4) is 5.75 Å². The van der Waals surface area contributed by atoms with Gasteiger partial charge in [0.2, 0.25) is 0 Å². The summed E-state index contributed by atoms with van der Waals surface area (Å²) in [4.78, 5) is 14.8. The fraction of sp³-hybridized carbons (Fsp3) is 0.231. The Labute approximate surface area is 129 Å². The number of hydrogen-bond acceptors (Lipinski definition) is 6. The zero-order valence-electron chi connectivity index (χ0n) is 11.6. The van der Waals surface area contributed by atoms with Gasteiger partial charge in [0, 0.05) is 0 Å². The van der Waals surface area contributed by atoms with Gasteiger partial charge in [-0.25, -0.2) is 9.89 Å². The van der Waals surface area contributed by atoms with Gasteiger partial charge in [-0.3, -0.25) is 5.43 Å². The van der Waals surface area contributed by atoms with E-state index in [1.165, 1.54) is 0 Å². The van der Waals surface area contributed by atoms with Crippen LogP contribution in [0.4, 0.5) is 5.82 Å². The molecular weight excluding hydrogens is 338 g/mol. The fourth-order valence-electron chi connectivity index (χ4n) is 1.54. The van der Waals surface area contributed by atoms with E-state index in [-0.39, 0.29) is 0 Å². The fourth-order valence-corrected chi connectivity index (χ4v) is 2.05. The summed E-state index contributed by atoms with van der Waals surface area (Å²) < 4.78 is 6.28. The number of anilines is 1. The van der Waals surface area contributed by atoms with Crippen molar-refractivity contribution >= 4 is 28.0 Å². The molecular formula is C13H14BrN5O2. The quantitative estimate of drug-likeness (QED) is 0.635. The highest BCUT2D eigenvalue weighted by Crippen LogP contribution is 2.25. The molecule has 0 saturated carbocycles. The molecule has 0 unspecified atom stereocenters. The monoisotopic (exact) mass is 351 g/mol. The highest BCUT2D eigenvalue weighted by molar-refractivity contribution is 9.10. The summed E-state index contributed by atoms with van der Waals surface area (Å²) in [7, 11) is 0. The molecule has 8 heteroatoms. The molecule has 0 amide bonds. The maximum Gasteiger partial charge on any atom is 0.363 e. The van der Waals surface area contributed by atoms with Gasteiger partial charge in [0.15, 0.2) is 5.82 Å². The summed E-state index contributed by atoms with van der Waals surface area (Å²) in [5, 5.41) is 10.1. The van der Waals surface area contributed by atoms with E-state index >= 15 is 0 Å². The molecule has 0 saturated heterocycles. The number of benzene rings is 1. The average Bonchev–Trinajstić information content (AvgIpc) is 2.46. The molecule has 2 aromatic rings. The number of ether oxygens (including phenoxy) is 1. The molecule has 0 fully saturated rings. The smallest absolute Gasteiger partial charge is 0.363 e. The van der Waals surface area contributed by atoms with E-state index in [0.717, 1.165) is 15.8 Å². The van der Waals surface area contributed by atoms with Gasteiger partial charge in [-0.2, -0.15) is 15.2 Å². The average molecular weight is 352 g/mol. The van der Waals surface area contributed by atoms with E-state index in [2.05, 4.69) is 41.6 Å². The minimum atomic E-state index is -0.526. The number of nitrogens with one attached hydrogen (secondary N) is 2. The Balaban J connectivity index is 2.09. The molecule has 0 aliphatic carbocycles. The maximum atomic E-state index is 11.1. The molecule has 0 spiro atoms. The third-order valence-electron chi connectivity index (χ3n) is 2.52. The van der Waals surface area contributed by atoms with Gasteiger partial charge in [0.25, 0.3) is 0 Å². The van der Waals surface area contributed by atoms with Crippen LogP contribution in [0, 0.1) is 6.92 Å². The SMILES string of the molecule is CCOc1ccc(/C=N/Nc2nc(=O)[nH]nc2C)cc1Br. The topological polar surface area (TPSA) is 92.3 Å². The summed E-state index contributed by atoms with van der Waals surface area (Å²) in [5.74, 6) is 1.10. The largest absolute Gasteiger partial charge is 0.493 e. The Morgan fingerprint density at radius 1 is 1.52 bits per heavy atom. The number of halogens is 1. The first-order valence-corrected chi connectivity index (χ1v) is 7.04. The Kier molecular flexibility index (Phi) is 5.04. The molecule has 0 radical (unpaired) electrons. The zero-order valence-corrected chi connectivity index (χ0v) is 13.1. The number of rotatable bonds is 5. The number of nitrogens with zero attached hydrogens (tertiary/aromatic N) is 3. The van der Waals surface area contributed by atoms with Crippen LogP contribution in [0.15, 0.2) is 32.6 Å².